The van der Waals surface area contributed by atoms with Gasteiger partial charge in [-0.2, -0.15) is 10.2 Å². The summed E-state index contributed by atoms with van der Waals surface area (Å²) in [7, 11) is 0. The highest BCUT2D eigenvalue weighted by molar-refractivity contribution is 5.95. The molecule has 3 heterocycles. The van der Waals surface area contributed by atoms with Crippen LogP contribution in [0.3, 0.4) is 0 Å². The second kappa shape index (κ2) is 7.46. The molecule has 0 N–H and O–H groups in total. The van der Waals surface area contributed by atoms with Gasteiger partial charge in [0.25, 0.3) is 5.91 Å². The summed E-state index contributed by atoms with van der Waals surface area (Å²) in [5, 5.41) is 9.03. The Kier molecular flexibility index (Phi) is 5.04. The first-order chi connectivity index (χ1) is 13.1. The van der Waals surface area contributed by atoms with Gasteiger partial charge in [0.05, 0.1) is 42.4 Å². The predicted octanol–water partition coefficient (Wildman–Crippen LogP) is 2.53. The van der Waals surface area contributed by atoms with Gasteiger partial charge in [-0.3, -0.25) is 14.2 Å². The van der Waals surface area contributed by atoms with Gasteiger partial charge in [-0.1, -0.05) is 6.92 Å². The highest BCUT2D eigenvalue weighted by atomic mass is 16.5. The lowest BCUT2D eigenvalue weighted by atomic mass is 10.1. The summed E-state index contributed by atoms with van der Waals surface area (Å²) in [5.74, 6) is 0.602. The van der Waals surface area contributed by atoms with Crippen molar-refractivity contribution in [3.8, 4) is 0 Å². The SMILES string of the molecule is CCCn1ncc(C(=O)N2CCOC(Cn3nc(C)cc3C)C2)c1C1CC1. The molecule has 1 saturated carbocycles. The van der Waals surface area contributed by atoms with E-state index in [1.54, 1.807) is 6.20 Å². The molecule has 1 aliphatic carbocycles. The quantitative estimate of drug-likeness (QED) is 0.783. The molecule has 0 spiro atoms. The first-order valence-corrected chi connectivity index (χ1v) is 10.0. The van der Waals surface area contributed by atoms with E-state index in [0.717, 1.165) is 35.6 Å². The minimum Gasteiger partial charge on any atom is -0.373 e. The Morgan fingerprint density at radius 1 is 1.30 bits per heavy atom. The molecule has 146 valence electrons. The molecular weight excluding hydrogens is 342 g/mol. The van der Waals surface area contributed by atoms with E-state index >= 15 is 0 Å². The number of aromatic nitrogens is 4. The maximum absolute atomic E-state index is 13.2. The Labute approximate surface area is 160 Å². The van der Waals surface area contributed by atoms with Crippen LogP contribution >= 0.6 is 0 Å². The van der Waals surface area contributed by atoms with Crippen LogP contribution in [-0.4, -0.2) is 56.2 Å². The van der Waals surface area contributed by atoms with E-state index in [2.05, 4.69) is 30.1 Å². The molecule has 27 heavy (non-hydrogen) atoms. The maximum atomic E-state index is 13.2. The van der Waals surface area contributed by atoms with Crippen molar-refractivity contribution in [3.05, 3.63) is 34.9 Å². The Balaban J connectivity index is 1.48. The molecule has 0 radical (unpaired) electrons. The van der Waals surface area contributed by atoms with Crippen molar-refractivity contribution in [3.63, 3.8) is 0 Å². The molecule has 2 aromatic heterocycles. The number of amides is 1. The minimum absolute atomic E-state index is 0.0317. The fourth-order valence-corrected chi connectivity index (χ4v) is 3.97. The minimum atomic E-state index is -0.0317. The fraction of sp³-hybridized carbons (Fsp3) is 0.650. The van der Waals surface area contributed by atoms with Gasteiger partial charge in [0.15, 0.2) is 0 Å². The van der Waals surface area contributed by atoms with E-state index in [9.17, 15) is 4.79 Å². The smallest absolute Gasteiger partial charge is 0.257 e. The van der Waals surface area contributed by atoms with Crippen molar-refractivity contribution in [2.75, 3.05) is 19.7 Å². The standard InChI is InChI=1S/C20H29N5O2/c1-4-7-24-19(16-5-6-16)18(11-21-24)20(26)23-8-9-27-17(12-23)13-25-15(3)10-14(2)22-25/h10-11,16-17H,4-9,12-13H2,1-3H3. The van der Waals surface area contributed by atoms with Gasteiger partial charge in [0, 0.05) is 31.2 Å². The zero-order valence-corrected chi connectivity index (χ0v) is 16.5. The number of aryl methyl sites for hydroxylation is 3. The van der Waals surface area contributed by atoms with Crippen molar-refractivity contribution in [1.82, 2.24) is 24.5 Å². The van der Waals surface area contributed by atoms with Gasteiger partial charge >= 0.3 is 0 Å². The van der Waals surface area contributed by atoms with Crippen molar-refractivity contribution in [1.29, 1.82) is 0 Å². The third-order valence-electron chi connectivity index (χ3n) is 5.42. The van der Waals surface area contributed by atoms with E-state index in [1.807, 2.05) is 21.2 Å². The zero-order valence-electron chi connectivity index (χ0n) is 16.5. The van der Waals surface area contributed by atoms with Gasteiger partial charge in [0.1, 0.15) is 0 Å². The van der Waals surface area contributed by atoms with Crippen molar-refractivity contribution >= 4 is 5.91 Å². The van der Waals surface area contributed by atoms with Crippen LogP contribution in [0.5, 0.6) is 0 Å². The molecule has 2 fully saturated rings. The Morgan fingerprint density at radius 2 is 2.11 bits per heavy atom. The van der Waals surface area contributed by atoms with Crippen molar-refractivity contribution in [2.24, 2.45) is 0 Å². The summed E-state index contributed by atoms with van der Waals surface area (Å²) in [4.78, 5) is 15.2. The largest absolute Gasteiger partial charge is 0.373 e. The Morgan fingerprint density at radius 3 is 2.78 bits per heavy atom. The molecule has 1 unspecified atom stereocenters. The molecule has 4 rings (SSSR count). The van der Waals surface area contributed by atoms with E-state index in [-0.39, 0.29) is 12.0 Å². The molecule has 1 saturated heterocycles. The van der Waals surface area contributed by atoms with E-state index in [1.165, 1.54) is 12.8 Å². The molecule has 1 amide bonds. The van der Waals surface area contributed by atoms with Crippen LogP contribution in [0.1, 0.15) is 59.5 Å². The highest BCUT2D eigenvalue weighted by Crippen LogP contribution is 2.42. The summed E-state index contributed by atoms with van der Waals surface area (Å²) in [6, 6.07) is 2.07. The predicted molar refractivity (Wildman–Crippen MR) is 102 cm³/mol. The molecule has 7 heteroatoms. The van der Waals surface area contributed by atoms with Crippen LogP contribution in [-0.2, 0) is 17.8 Å². The number of nitrogens with zero attached hydrogens (tertiary/aromatic N) is 5. The first-order valence-electron chi connectivity index (χ1n) is 10.0. The molecular formula is C20H29N5O2. The van der Waals surface area contributed by atoms with Crippen LogP contribution in [0.4, 0.5) is 0 Å². The van der Waals surface area contributed by atoms with E-state index in [0.29, 0.717) is 32.2 Å². The summed E-state index contributed by atoms with van der Waals surface area (Å²) in [6.07, 6.45) is 5.10. The number of rotatable bonds is 6. The average molecular weight is 371 g/mol. The van der Waals surface area contributed by atoms with Crippen LogP contribution < -0.4 is 0 Å². The van der Waals surface area contributed by atoms with Gasteiger partial charge in [-0.15, -0.1) is 0 Å². The second-order valence-corrected chi connectivity index (χ2v) is 7.79. The normalized spacial score (nSPS) is 20.3. The topological polar surface area (TPSA) is 65.2 Å². The van der Waals surface area contributed by atoms with Gasteiger partial charge in [-0.05, 0) is 39.2 Å². The lowest BCUT2D eigenvalue weighted by molar-refractivity contribution is -0.0302. The lowest BCUT2D eigenvalue weighted by Crippen LogP contribution is -2.47. The molecule has 1 atom stereocenters. The van der Waals surface area contributed by atoms with E-state index in [4.69, 9.17) is 4.74 Å². The number of ether oxygens (including phenoxy) is 1. The summed E-state index contributed by atoms with van der Waals surface area (Å²) < 4.78 is 9.94. The van der Waals surface area contributed by atoms with Gasteiger partial charge in [-0.25, -0.2) is 0 Å². The van der Waals surface area contributed by atoms with E-state index < -0.39 is 0 Å². The third kappa shape index (κ3) is 3.78. The molecule has 0 aromatic carbocycles. The summed E-state index contributed by atoms with van der Waals surface area (Å²) in [5.41, 5.74) is 4.06. The van der Waals surface area contributed by atoms with Crippen LogP contribution in [0.15, 0.2) is 12.3 Å². The van der Waals surface area contributed by atoms with Crippen molar-refractivity contribution < 1.29 is 9.53 Å². The number of carbonyl (C=O) groups excluding carboxylic acids is 1. The molecule has 0 bridgehead atoms. The van der Waals surface area contributed by atoms with Crippen LogP contribution in [0.25, 0.3) is 0 Å². The highest BCUT2D eigenvalue weighted by Gasteiger charge is 2.35. The van der Waals surface area contributed by atoms with Gasteiger partial charge in [0.2, 0.25) is 0 Å². The third-order valence-corrected chi connectivity index (χ3v) is 5.42. The number of hydrogen-bond acceptors (Lipinski definition) is 4. The molecule has 2 aromatic rings. The summed E-state index contributed by atoms with van der Waals surface area (Å²) in [6.45, 7) is 9.54. The number of carbonyl (C=O) groups is 1. The second-order valence-electron chi connectivity index (χ2n) is 7.79. The van der Waals surface area contributed by atoms with Gasteiger partial charge < -0.3 is 9.64 Å². The molecule has 7 nitrogen and oxygen atoms in total. The monoisotopic (exact) mass is 371 g/mol. The Hall–Kier alpha value is -2.15. The molecule has 2 aliphatic rings. The fourth-order valence-electron chi connectivity index (χ4n) is 3.97. The number of morpholine rings is 1. The van der Waals surface area contributed by atoms with Crippen LogP contribution in [0.2, 0.25) is 0 Å². The zero-order chi connectivity index (χ0) is 19.0. The number of hydrogen-bond donors (Lipinski definition) is 0. The summed E-state index contributed by atoms with van der Waals surface area (Å²) >= 11 is 0. The average Bonchev–Trinajstić information content (AvgIpc) is 3.33. The maximum Gasteiger partial charge on any atom is 0.257 e. The van der Waals surface area contributed by atoms with Crippen LogP contribution in [0, 0.1) is 13.8 Å². The lowest BCUT2D eigenvalue weighted by Gasteiger charge is -2.33. The molecule has 1 aliphatic heterocycles. The van der Waals surface area contributed by atoms with Crippen molar-refractivity contribution in [2.45, 2.75) is 65.1 Å². The first kappa shape index (κ1) is 18.2. The Bertz CT molecular complexity index is 820.